The lowest BCUT2D eigenvalue weighted by molar-refractivity contribution is 0.00826. The van der Waals surface area contributed by atoms with Gasteiger partial charge in [-0.3, -0.25) is 4.79 Å². The van der Waals surface area contributed by atoms with Gasteiger partial charge in [0.05, 0.1) is 5.52 Å². The average Bonchev–Trinajstić information content (AvgIpc) is 3.07. The summed E-state index contributed by atoms with van der Waals surface area (Å²) in [5, 5.41) is 1.06. The Morgan fingerprint density at radius 1 is 0.966 bits per heavy atom. The molecule has 5 heteroatoms. The van der Waals surface area contributed by atoms with E-state index in [-0.39, 0.29) is 11.7 Å². The molecule has 2 aromatic carbocycles. The van der Waals surface area contributed by atoms with Gasteiger partial charge in [-0.1, -0.05) is 6.07 Å². The molecule has 0 saturated carbocycles. The van der Waals surface area contributed by atoms with E-state index in [0.717, 1.165) is 41.7 Å². The largest absolute Gasteiger partial charge is 0.334 e. The van der Waals surface area contributed by atoms with Gasteiger partial charge in [0.2, 0.25) is 0 Å². The molecule has 1 aromatic heterocycles. The summed E-state index contributed by atoms with van der Waals surface area (Å²) in [6.07, 6.45) is 5.41. The van der Waals surface area contributed by atoms with E-state index in [1.807, 2.05) is 12.1 Å². The fourth-order valence-electron chi connectivity index (χ4n) is 5.65. The Hall–Kier alpha value is -2.66. The molecule has 2 bridgehead atoms. The molecule has 7 rings (SSSR count). The van der Waals surface area contributed by atoms with E-state index in [4.69, 9.17) is 0 Å². The quantitative estimate of drug-likeness (QED) is 0.666. The maximum absolute atomic E-state index is 13.6. The second-order valence-electron chi connectivity index (χ2n) is 8.65. The molecular formula is C24H24FN3O. The molecule has 0 radical (unpaired) electrons. The Morgan fingerprint density at radius 3 is 2.48 bits per heavy atom. The summed E-state index contributed by atoms with van der Waals surface area (Å²) in [5.41, 5.74) is 3.96. The zero-order valence-electron chi connectivity index (χ0n) is 16.4. The van der Waals surface area contributed by atoms with Crippen molar-refractivity contribution in [3.8, 4) is 5.69 Å². The first-order valence-electron chi connectivity index (χ1n) is 10.6. The number of rotatable bonds is 2. The molecule has 1 amide bonds. The van der Waals surface area contributed by atoms with E-state index in [2.05, 4.69) is 26.6 Å². The van der Waals surface area contributed by atoms with Crippen LogP contribution in [0.25, 0.3) is 16.6 Å². The van der Waals surface area contributed by atoms with Gasteiger partial charge >= 0.3 is 0 Å². The monoisotopic (exact) mass is 389 g/mol. The minimum absolute atomic E-state index is 0.171. The van der Waals surface area contributed by atoms with Crippen molar-refractivity contribution in [2.75, 3.05) is 26.2 Å². The molecule has 0 spiro atoms. The lowest BCUT2D eigenvalue weighted by Gasteiger charge is -2.49. The number of amides is 1. The smallest absolute Gasteiger partial charge is 0.254 e. The Bertz CT molecular complexity index is 1100. The summed E-state index contributed by atoms with van der Waals surface area (Å²) in [6.45, 7) is 4.15. The van der Waals surface area contributed by atoms with Crippen LogP contribution in [0.2, 0.25) is 0 Å². The number of aromatic nitrogens is 1. The highest BCUT2D eigenvalue weighted by Gasteiger charge is 2.40. The highest BCUT2D eigenvalue weighted by molar-refractivity contribution is 6.09. The lowest BCUT2D eigenvalue weighted by atomic mass is 9.83. The Balaban J connectivity index is 1.43. The van der Waals surface area contributed by atoms with Crippen LogP contribution in [-0.4, -0.2) is 52.5 Å². The standard InChI is InChI=1S/C24H24FN3O/c25-18-4-6-19(7-5-18)28-14-17-10-13-27(22-15-26-11-8-16(22)9-12-26)24(29)20-2-1-3-21(28)23(17)20/h1-7,14,16,22H,8-13,15H2/t22-/m0/s1. The van der Waals surface area contributed by atoms with Crippen molar-refractivity contribution in [3.63, 3.8) is 0 Å². The fraction of sp³-hybridized carbons (Fsp3) is 0.375. The third-order valence-electron chi connectivity index (χ3n) is 7.15. The lowest BCUT2D eigenvalue weighted by Crippen LogP contribution is -2.58. The van der Waals surface area contributed by atoms with Gasteiger partial charge in [-0.2, -0.15) is 0 Å². The maximum Gasteiger partial charge on any atom is 0.254 e. The first-order chi connectivity index (χ1) is 14.2. The molecule has 0 aliphatic carbocycles. The minimum atomic E-state index is -0.240. The van der Waals surface area contributed by atoms with Crippen molar-refractivity contribution in [2.45, 2.75) is 25.3 Å². The number of halogens is 1. The molecule has 4 aliphatic rings. The van der Waals surface area contributed by atoms with E-state index in [1.165, 1.54) is 43.6 Å². The summed E-state index contributed by atoms with van der Waals surface area (Å²) in [5.74, 6) is 0.570. The number of fused-ring (bicyclic) bond motifs is 3. The average molecular weight is 389 g/mol. The zero-order valence-corrected chi connectivity index (χ0v) is 16.4. The van der Waals surface area contributed by atoms with Crippen LogP contribution < -0.4 is 0 Å². The van der Waals surface area contributed by atoms with Crippen LogP contribution in [0.1, 0.15) is 28.8 Å². The van der Waals surface area contributed by atoms with Gasteiger partial charge in [0.1, 0.15) is 5.82 Å². The molecule has 29 heavy (non-hydrogen) atoms. The minimum Gasteiger partial charge on any atom is -0.334 e. The van der Waals surface area contributed by atoms with Crippen LogP contribution in [0.15, 0.2) is 48.7 Å². The number of piperidine rings is 3. The van der Waals surface area contributed by atoms with Gasteiger partial charge in [0.25, 0.3) is 5.91 Å². The van der Waals surface area contributed by atoms with Gasteiger partial charge in [0.15, 0.2) is 0 Å². The third-order valence-corrected chi connectivity index (χ3v) is 7.15. The Morgan fingerprint density at radius 2 is 1.76 bits per heavy atom. The SMILES string of the molecule is O=C1c2cccc3c2c(cn3-c2ccc(F)cc2)CCN1[C@H]1CN2CCC1CC2. The number of carbonyl (C=O) groups is 1. The van der Waals surface area contributed by atoms with Crippen LogP contribution in [0, 0.1) is 11.7 Å². The second kappa shape index (κ2) is 6.42. The fourth-order valence-corrected chi connectivity index (χ4v) is 5.65. The molecule has 0 N–H and O–H groups in total. The number of hydrogen-bond donors (Lipinski definition) is 0. The molecular weight excluding hydrogens is 365 g/mol. The number of nitrogens with zero attached hydrogens (tertiary/aromatic N) is 3. The van der Waals surface area contributed by atoms with Crippen molar-refractivity contribution < 1.29 is 9.18 Å². The second-order valence-corrected chi connectivity index (χ2v) is 8.65. The van der Waals surface area contributed by atoms with Gasteiger partial charge in [-0.25, -0.2) is 4.39 Å². The van der Waals surface area contributed by atoms with Crippen molar-refractivity contribution in [1.82, 2.24) is 14.4 Å². The van der Waals surface area contributed by atoms with Crippen LogP contribution in [0.4, 0.5) is 4.39 Å². The number of hydrogen-bond acceptors (Lipinski definition) is 2. The zero-order chi connectivity index (χ0) is 19.5. The highest BCUT2D eigenvalue weighted by Crippen LogP contribution is 2.36. The van der Waals surface area contributed by atoms with E-state index >= 15 is 0 Å². The molecule has 4 nitrogen and oxygen atoms in total. The molecule has 3 saturated heterocycles. The normalized spacial score (nSPS) is 26.2. The summed E-state index contributed by atoms with van der Waals surface area (Å²) in [4.78, 5) is 18.3. The summed E-state index contributed by atoms with van der Waals surface area (Å²) in [7, 11) is 0. The topological polar surface area (TPSA) is 28.5 Å². The molecule has 5 heterocycles. The van der Waals surface area contributed by atoms with Gasteiger partial charge in [-0.05, 0) is 80.2 Å². The van der Waals surface area contributed by atoms with E-state index < -0.39 is 0 Å². The number of benzene rings is 2. The van der Waals surface area contributed by atoms with Crippen molar-refractivity contribution in [2.24, 2.45) is 5.92 Å². The summed E-state index contributed by atoms with van der Waals surface area (Å²) < 4.78 is 15.5. The van der Waals surface area contributed by atoms with E-state index in [9.17, 15) is 9.18 Å². The third kappa shape index (κ3) is 2.64. The Labute approximate surface area is 169 Å². The van der Waals surface area contributed by atoms with Crippen LogP contribution in [-0.2, 0) is 6.42 Å². The predicted octanol–water partition coefficient (Wildman–Crippen LogP) is 3.86. The van der Waals surface area contributed by atoms with Crippen LogP contribution >= 0.6 is 0 Å². The summed E-state index contributed by atoms with van der Waals surface area (Å²) >= 11 is 0. The maximum atomic E-state index is 13.6. The van der Waals surface area contributed by atoms with Crippen LogP contribution in [0.3, 0.4) is 0 Å². The van der Waals surface area contributed by atoms with Crippen molar-refractivity contribution in [3.05, 3.63) is 65.6 Å². The first kappa shape index (κ1) is 17.2. The van der Waals surface area contributed by atoms with E-state index in [1.54, 1.807) is 12.1 Å². The van der Waals surface area contributed by atoms with Crippen LogP contribution in [0.5, 0.6) is 0 Å². The molecule has 1 atom stereocenters. The molecule has 3 fully saturated rings. The summed E-state index contributed by atoms with van der Waals surface area (Å²) in [6, 6.07) is 12.9. The molecule has 148 valence electrons. The first-order valence-corrected chi connectivity index (χ1v) is 10.6. The predicted molar refractivity (Wildman–Crippen MR) is 111 cm³/mol. The molecule has 4 aliphatic heterocycles. The van der Waals surface area contributed by atoms with Gasteiger partial charge < -0.3 is 14.4 Å². The molecule has 3 aromatic rings. The van der Waals surface area contributed by atoms with Crippen molar-refractivity contribution in [1.29, 1.82) is 0 Å². The Kier molecular flexibility index (Phi) is 3.81. The number of carbonyl (C=O) groups excluding carboxylic acids is 1. The van der Waals surface area contributed by atoms with Crippen molar-refractivity contribution >= 4 is 16.8 Å². The molecule has 0 unspecified atom stereocenters. The van der Waals surface area contributed by atoms with E-state index in [0.29, 0.717) is 12.0 Å². The highest BCUT2D eigenvalue weighted by atomic mass is 19.1. The van der Waals surface area contributed by atoms with Gasteiger partial charge in [-0.15, -0.1) is 0 Å². The van der Waals surface area contributed by atoms with Gasteiger partial charge in [0, 0.05) is 42.0 Å².